The van der Waals surface area contributed by atoms with Gasteiger partial charge < -0.3 is 20.4 Å². The van der Waals surface area contributed by atoms with Crippen LogP contribution in [0.2, 0.25) is 0 Å². The van der Waals surface area contributed by atoms with Crippen LogP contribution in [0.15, 0.2) is 48.5 Å². The van der Waals surface area contributed by atoms with E-state index in [9.17, 15) is 20.4 Å². The molecule has 26 heavy (non-hydrogen) atoms. The van der Waals surface area contributed by atoms with Crippen LogP contribution in [0.25, 0.3) is 0 Å². The van der Waals surface area contributed by atoms with Crippen LogP contribution >= 0.6 is 0 Å². The van der Waals surface area contributed by atoms with E-state index in [2.05, 4.69) is 0 Å². The van der Waals surface area contributed by atoms with Crippen LogP contribution < -0.4 is 0 Å². The normalized spacial score (nSPS) is 18.2. The molecule has 0 heterocycles. The maximum Gasteiger partial charge on any atom is 0.123 e. The Morgan fingerprint density at radius 1 is 0.654 bits per heavy atom. The maximum absolute atomic E-state index is 10.7. The highest BCUT2D eigenvalue weighted by Crippen LogP contribution is 2.57. The monoisotopic (exact) mass is 348 g/mol. The molecule has 4 heteroatoms. The molecule has 0 saturated heterocycles. The first-order chi connectivity index (χ1) is 12.4. The summed E-state index contributed by atoms with van der Waals surface area (Å²) in [6, 6.07) is 14.0. The number of rotatable bonds is 2. The van der Waals surface area contributed by atoms with Gasteiger partial charge in [-0.1, -0.05) is 30.3 Å². The predicted octanol–water partition coefficient (Wildman–Crippen LogP) is 4.40. The molecule has 0 radical (unpaired) electrons. The predicted molar refractivity (Wildman–Crippen MR) is 99.1 cm³/mol. The van der Waals surface area contributed by atoms with Gasteiger partial charge in [-0.25, -0.2) is 0 Å². The number of aryl methyl sites for hydroxylation is 2. The fourth-order valence-corrected chi connectivity index (χ4v) is 4.02. The van der Waals surface area contributed by atoms with E-state index in [1.807, 2.05) is 44.2 Å². The third-order valence-electron chi connectivity index (χ3n) is 5.34. The van der Waals surface area contributed by atoms with Gasteiger partial charge in [-0.05, 0) is 48.7 Å². The second-order valence-corrected chi connectivity index (χ2v) is 6.99. The average Bonchev–Trinajstić information content (AvgIpc) is 2.76. The zero-order chi connectivity index (χ0) is 18.6. The van der Waals surface area contributed by atoms with Gasteiger partial charge in [-0.3, -0.25) is 0 Å². The van der Waals surface area contributed by atoms with Crippen molar-refractivity contribution in [3.8, 4) is 23.0 Å². The number of fused-ring (bicyclic) bond motifs is 2. The minimum atomic E-state index is -0.324. The van der Waals surface area contributed by atoms with E-state index < -0.39 is 0 Å². The average molecular weight is 348 g/mol. The van der Waals surface area contributed by atoms with Gasteiger partial charge in [0.15, 0.2) is 0 Å². The molecule has 132 valence electrons. The van der Waals surface area contributed by atoms with Crippen LogP contribution in [0, 0.1) is 13.8 Å². The van der Waals surface area contributed by atoms with E-state index in [1.165, 1.54) is 0 Å². The van der Waals surface area contributed by atoms with Crippen LogP contribution in [0.3, 0.4) is 0 Å². The number of hydrogen-bond donors (Lipinski definition) is 4. The Kier molecular flexibility index (Phi) is 3.58. The summed E-state index contributed by atoms with van der Waals surface area (Å²) in [5.41, 5.74) is 4.32. The van der Waals surface area contributed by atoms with Crippen molar-refractivity contribution in [2.24, 2.45) is 0 Å². The van der Waals surface area contributed by atoms with Crippen molar-refractivity contribution in [2.75, 3.05) is 0 Å². The molecule has 1 aliphatic carbocycles. The van der Waals surface area contributed by atoms with Crippen molar-refractivity contribution in [3.63, 3.8) is 0 Å². The quantitative estimate of drug-likeness (QED) is 0.517. The summed E-state index contributed by atoms with van der Waals surface area (Å²) in [7, 11) is 0. The Labute approximate surface area is 151 Å². The molecule has 0 saturated carbocycles. The fraction of sp³-hybridized carbons (Fsp3) is 0.182. The third kappa shape index (κ3) is 2.30. The molecule has 2 atom stereocenters. The minimum Gasteiger partial charge on any atom is -0.508 e. The van der Waals surface area contributed by atoms with Crippen LogP contribution in [0.4, 0.5) is 0 Å². The van der Waals surface area contributed by atoms with Crippen molar-refractivity contribution >= 4 is 0 Å². The lowest BCUT2D eigenvalue weighted by atomic mass is 9.79. The molecule has 0 aliphatic heterocycles. The van der Waals surface area contributed by atoms with Crippen LogP contribution in [0.5, 0.6) is 23.0 Å². The molecular formula is C22H20O4. The van der Waals surface area contributed by atoms with Gasteiger partial charge >= 0.3 is 0 Å². The first-order valence-corrected chi connectivity index (χ1v) is 8.52. The van der Waals surface area contributed by atoms with Gasteiger partial charge in [0.1, 0.15) is 23.0 Å². The number of para-hydroxylation sites is 1. The minimum absolute atomic E-state index is 0.0861. The SMILES string of the molecule is Cc1cc(C2c3cc(O)cc(c3O)C2c2cccc(C)c2O)ccc1O. The zero-order valence-electron chi connectivity index (χ0n) is 14.6. The fourth-order valence-electron chi connectivity index (χ4n) is 4.02. The van der Waals surface area contributed by atoms with E-state index in [-0.39, 0.29) is 34.8 Å². The van der Waals surface area contributed by atoms with E-state index in [1.54, 1.807) is 18.2 Å². The van der Waals surface area contributed by atoms with Crippen molar-refractivity contribution in [3.05, 3.63) is 81.9 Å². The summed E-state index contributed by atoms with van der Waals surface area (Å²) in [5.74, 6) is 0.0415. The number of benzene rings is 3. The van der Waals surface area contributed by atoms with Gasteiger partial charge in [0.05, 0.1) is 0 Å². The number of phenolic OH excluding ortho intramolecular Hbond substituents is 4. The third-order valence-corrected chi connectivity index (χ3v) is 5.34. The van der Waals surface area contributed by atoms with Crippen molar-refractivity contribution < 1.29 is 20.4 Å². The van der Waals surface area contributed by atoms with Crippen LogP contribution in [0.1, 0.15) is 45.2 Å². The van der Waals surface area contributed by atoms with Crippen molar-refractivity contribution in [1.82, 2.24) is 0 Å². The van der Waals surface area contributed by atoms with Gasteiger partial charge in [0.2, 0.25) is 0 Å². The lowest BCUT2D eigenvalue weighted by molar-refractivity contribution is 0.453. The van der Waals surface area contributed by atoms with Crippen molar-refractivity contribution in [1.29, 1.82) is 0 Å². The molecule has 4 N–H and O–H groups in total. The second kappa shape index (κ2) is 5.70. The van der Waals surface area contributed by atoms with Gasteiger partial charge in [-0.15, -0.1) is 0 Å². The van der Waals surface area contributed by atoms with E-state index >= 15 is 0 Å². The van der Waals surface area contributed by atoms with Gasteiger partial charge in [0, 0.05) is 28.5 Å². The van der Waals surface area contributed by atoms with Crippen molar-refractivity contribution in [2.45, 2.75) is 25.7 Å². The highest BCUT2D eigenvalue weighted by atomic mass is 16.3. The molecule has 0 amide bonds. The highest BCUT2D eigenvalue weighted by Gasteiger charge is 2.40. The maximum atomic E-state index is 10.7. The number of aromatic hydroxyl groups is 4. The molecular weight excluding hydrogens is 328 g/mol. The molecule has 4 rings (SSSR count). The molecule has 3 aromatic rings. The molecule has 1 aliphatic rings. The molecule has 3 aromatic carbocycles. The smallest absolute Gasteiger partial charge is 0.123 e. The Balaban J connectivity index is 1.98. The lowest BCUT2D eigenvalue weighted by Gasteiger charge is -2.23. The lowest BCUT2D eigenvalue weighted by Crippen LogP contribution is -2.09. The zero-order valence-corrected chi connectivity index (χ0v) is 14.6. The summed E-state index contributed by atoms with van der Waals surface area (Å²) in [6.07, 6.45) is 0. The largest absolute Gasteiger partial charge is 0.508 e. The Morgan fingerprint density at radius 2 is 1.35 bits per heavy atom. The molecule has 0 fully saturated rings. The van der Waals surface area contributed by atoms with Crippen LogP contribution in [-0.2, 0) is 0 Å². The molecule has 0 aromatic heterocycles. The molecule has 4 nitrogen and oxygen atoms in total. The molecule has 2 bridgehead atoms. The summed E-state index contributed by atoms with van der Waals surface area (Å²) in [6.45, 7) is 3.65. The second-order valence-electron chi connectivity index (χ2n) is 6.99. The first-order valence-electron chi connectivity index (χ1n) is 8.52. The Hall–Kier alpha value is -3.14. The number of phenols is 4. The van der Waals surface area contributed by atoms with E-state index in [0.29, 0.717) is 16.7 Å². The summed E-state index contributed by atoms with van der Waals surface area (Å²) >= 11 is 0. The first kappa shape index (κ1) is 16.3. The topological polar surface area (TPSA) is 80.9 Å². The highest BCUT2D eigenvalue weighted by molar-refractivity contribution is 5.65. The van der Waals surface area contributed by atoms with Gasteiger partial charge in [0.25, 0.3) is 0 Å². The molecule has 2 unspecified atom stereocenters. The van der Waals surface area contributed by atoms with E-state index in [4.69, 9.17) is 0 Å². The van der Waals surface area contributed by atoms with Crippen LogP contribution in [-0.4, -0.2) is 20.4 Å². The Morgan fingerprint density at radius 3 is 2.04 bits per heavy atom. The molecule has 0 spiro atoms. The summed E-state index contributed by atoms with van der Waals surface area (Å²) in [5, 5.41) is 41.3. The summed E-state index contributed by atoms with van der Waals surface area (Å²) in [4.78, 5) is 0. The standard InChI is InChI=1S/C22H20O4/c1-11-4-3-5-15(21(11)25)20-17-10-14(23)9-16(22(17)26)19(20)13-6-7-18(24)12(2)8-13/h3-10,19-20,23-26H,1-2H3. The summed E-state index contributed by atoms with van der Waals surface area (Å²) < 4.78 is 0. The number of hydrogen-bond acceptors (Lipinski definition) is 4. The van der Waals surface area contributed by atoms with E-state index in [0.717, 1.165) is 16.7 Å². The van der Waals surface area contributed by atoms with Gasteiger partial charge in [-0.2, -0.15) is 0 Å². The Bertz CT molecular complexity index is 1020.